The molecule has 2 aromatic rings. The van der Waals surface area contributed by atoms with Gasteiger partial charge in [-0.2, -0.15) is 0 Å². The first-order valence-electron chi connectivity index (χ1n) is 7.26. The number of hydrogen-bond acceptors (Lipinski definition) is 4. The second kappa shape index (κ2) is 8.13. The molecule has 0 radical (unpaired) electrons. The lowest BCUT2D eigenvalue weighted by Crippen LogP contribution is -2.30. The van der Waals surface area contributed by atoms with Gasteiger partial charge in [-0.15, -0.1) is 0 Å². The molecule has 122 valence electrons. The molecule has 1 aromatic carbocycles. The fraction of sp³-hybridized carbons (Fsp3) is 0.312. The molecule has 1 heterocycles. The van der Waals surface area contributed by atoms with Crippen LogP contribution in [0.4, 0.5) is 5.82 Å². The number of carbonyl (C=O) groups is 1. The minimum absolute atomic E-state index is 0.0613. The van der Waals surface area contributed by atoms with Crippen LogP contribution in [0.15, 0.2) is 30.6 Å². The Kier molecular flexibility index (Phi) is 6.19. The van der Waals surface area contributed by atoms with Crippen molar-refractivity contribution in [1.29, 1.82) is 0 Å². The predicted molar refractivity (Wildman–Crippen MR) is 93.3 cm³/mol. The summed E-state index contributed by atoms with van der Waals surface area (Å²) in [5.74, 6) is 0.378. The fourth-order valence-corrected chi connectivity index (χ4v) is 2.43. The molecular weight excluding hydrogens is 335 g/mol. The third kappa shape index (κ3) is 5.37. The predicted octanol–water partition coefficient (Wildman–Crippen LogP) is 3.58. The molecule has 0 saturated heterocycles. The lowest BCUT2D eigenvalue weighted by atomic mass is 10.1. The number of rotatable bonds is 6. The van der Waals surface area contributed by atoms with E-state index in [2.05, 4.69) is 20.6 Å². The summed E-state index contributed by atoms with van der Waals surface area (Å²) in [7, 11) is 0. The van der Waals surface area contributed by atoms with Crippen molar-refractivity contribution in [3.05, 3.63) is 51.9 Å². The van der Waals surface area contributed by atoms with Crippen molar-refractivity contribution < 1.29 is 4.79 Å². The first-order chi connectivity index (χ1) is 11.0. The van der Waals surface area contributed by atoms with Gasteiger partial charge in [0.25, 0.3) is 5.91 Å². The molecule has 0 atom stereocenters. The summed E-state index contributed by atoms with van der Waals surface area (Å²) in [6.07, 6.45) is 3.72. The van der Waals surface area contributed by atoms with Crippen molar-refractivity contribution in [1.82, 2.24) is 15.3 Å². The second-order valence-electron chi connectivity index (χ2n) is 5.33. The quantitative estimate of drug-likeness (QED) is 0.833. The van der Waals surface area contributed by atoms with Gasteiger partial charge in [0.15, 0.2) is 0 Å². The third-order valence-corrected chi connectivity index (χ3v) is 3.61. The fourth-order valence-electron chi connectivity index (χ4n) is 1.92. The number of anilines is 1. The zero-order valence-corrected chi connectivity index (χ0v) is 14.4. The van der Waals surface area contributed by atoms with Gasteiger partial charge in [-0.25, -0.2) is 9.97 Å². The summed E-state index contributed by atoms with van der Waals surface area (Å²) in [4.78, 5) is 20.1. The van der Waals surface area contributed by atoms with Crippen molar-refractivity contribution >= 4 is 34.9 Å². The Hall–Kier alpha value is -1.85. The van der Waals surface area contributed by atoms with E-state index in [1.54, 1.807) is 12.3 Å². The molecule has 5 nitrogen and oxygen atoms in total. The number of carbonyl (C=O) groups excluding carboxylic acids is 1. The topological polar surface area (TPSA) is 66.9 Å². The summed E-state index contributed by atoms with van der Waals surface area (Å²) >= 11 is 12.0. The van der Waals surface area contributed by atoms with E-state index in [1.807, 2.05) is 26.0 Å². The first-order valence-corrected chi connectivity index (χ1v) is 8.02. The van der Waals surface area contributed by atoms with Crippen molar-refractivity contribution in [2.45, 2.75) is 26.3 Å². The molecule has 0 aliphatic rings. The normalized spacial score (nSPS) is 10.7. The SMILES string of the molecule is CC(C)NC(=O)c1cnc(NCCc2ccc(Cl)cc2Cl)cn1. The highest BCUT2D eigenvalue weighted by atomic mass is 35.5. The van der Waals surface area contributed by atoms with Gasteiger partial charge in [0.05, 0.1) is 12.4 Å². The van der Waals surface area contributed by atoms with E-state index in [9.17, 15) is 4.79 Å². The van der Waals surface area contributed by atoms with Gasteiger partial charge in [-0.05, 0) is 38.0 Å². The molecule has 0 spiro atoms. The zero-order chi connectivity index (χ0) is 16.8. The Bertz CT molecular complexity index is 674. The standard InChI is InChI=1S/C16H18Cl2N4O/c1-10(2)22-16(23)14-8-21-15(9-20-14)19-6-5-11-3-4-12(17)7-13(11)18/h3-4,7-10H,5-6H2,1-2H3,(H,19,21)(H,22,23). The Morgan fingerprint density at radius 2 is 2.00 bits per heavy atom. The smallest absolute Gasteiger partial charge is 0.271 e. The first kappa shape index (κ1) is 17.5. The molecule has 7 heteroatoms. The molecule has 0 aliphatic carbocycles. The van der Waals surface area contributed by atoms with E-state index in [0.29, 0.717) is 28.1 Å². The van der Waals surface area contributed by atoms with Crippen LogP contribution in [0.2, 0.25) is 10.0 Å². The Balaban J connectivity index is 1.88. The lowest BCUT2D eigenvalue weighted by molar-refractivity contribution is 0.0937. The minimum atomic E-state index is -0.230. The van der Waals surface area contributed by atoms with Gasteiger partial charge in [-0.1, -0.05) is 29.3 Å². The number of nitrogens with zero attached hydrogens (tertiary/aromatic N) is 2. The number of amides is 1. The van der Waals surface area contributed by atoms with E-state index >= 15 is 0 Å². The van der Waals surface area contributed by atoms with E-state index in [0.717, 1.165) is 12.0 Å². The van der Waals surface area contributed by atoms with Gasteiger partial charge in [0.1, 0.15) is 11.5 Å². The molecule has 0 aliphatic heterocycles. The summed E-state index contributed by atoms with van der Waals surface area (Å²) in [5, 5.41) is 7.17. The average molecular weight is 353 g/mol. The van der Waals surface area contributed by atoms with Crippen LogP contribution in [0.25, 0.3) is 0 Å². The highest BCUT2D eigenvalue weighted by molar-refractivity contribution is 6.35. The van der Waals surface area contributed by atoms with Crippen LogP contribution < -0.4 is 10.6 Å². The summed E-state index contributed by atoms with van der Waals surface area (Å²) in [6.45, 7) is 4.43. The zero-order valence-electron chi connectivity index (χ0n) is 12.9. The van der Waals surface area contributed by atoms with Gasteiger partial charge in [0.2, 0.25) is 0 Å². The second-order valence-corrected chi connectivity index (χ2v) is 6.17. The van der Waals surface area contributed by atoms with Crippen LogP contribution in [0.1, 0.15) is 29.9 Å². The molecule has 2 rings (SSSR count). The van der Waals surface area contributed by atoms with Crippen molar-refractivity contribution in [3.63, 3.8) is 0 Å². The minimum Gasteiger partial charge on any atom is -0.368 e. The Morgan fingerprint density at radius 3 is 2.61 bits per heavy atom. The number of aromatic nitrogens is 2. The van der Waals surface area contributed by atoms with Crippen LogP contribution >= 0.6 is 23.2 Å². The van der Waals surface area contributed by atoms with Gasteiger partial charge < -0.3 is 10.6 Å². The average Bonchev–Trinajstić information content (AvgIpc) is 2.49. The van der Waals surface area contributed by atoms with E-state index < -0.39 is 0 Å². The molecular formula is C16H18Cl2N4O. The van der Waals surface area contributed by atoms with E-state index in [4.69, 9.17) is 23.2 Å². The molecule has 0 saturated carbocycles. The third-order valence-electron chi connectivity index (χ3n) is 3.02. The summed E-state index contributed by atoms with van der Waals surface area (Å²) < 4.78 is 0. The summed E-state index contributed by atoms with van der Waals surface area (Å²) in [6, 6.07) is 5.49. The molecule has 2 N–H and O–H groups in total. The van der Waals surface area contributed by atoms with Crippen molar-refractivity contribution in [3.8, 4) is 0 Å². The molecule has 1 aromatic heterocycles. The van der Waals surface area contributed by atoms with Crippen molar-refractivity contribution in [2.75, 3.05) is 11.9 Å². The maximum Gasteiger partial charge on any atom is 0.271 e. The van der Waals surface area contributed by atoms with Crippen LogP contribution in [0.3, 0.4) is 0 Å². The Labute approximate surface area is 145 Å². The number of hydrogen-bond donors (Lipinski definition) is 2. The van der Waals surface area contributed by atoms with Gasteiger partial charge in [-0.3, -0.25) is 4.79 Å². The Morgan fingerprint density at radius 1 is 1.22 bits per heavy atom. The van der Waals surface area contributed by atoms with Crippen LogP contribution in [0, 0.1) is 0 Å². The molecule has 0 unspecified atom stereocenters. The van der Waals surface area contributed by atoms with Crippen molar-refractivity contribution in [2.24, 2.45) is 0 Å². The molecule has 23 heavy (non-hydrogen) atoms. The number of benzene rings is 1. The maximum absolute atomic E-state index is 11.8. The van der Waals surface area contributed by atoms with Crippen LogP contribution in [0.5, 0.6) is 0 Å². The lowest BCUT2D eigenvalue weighted by Gasteiger charge is -2.09. The summed E-state index contributed by atoms with van der Waals surface area (Å²) in [5.41, 5.74) is 1.30. The highest BCUT2D eigenvalue weighted by Gasteiger charge is 2.09. The highest BCUT2D eigenvalue weighted by Crippen LogP contribution is 2.21. The largest absolute Gasteiger partial charge is 0.368 e. The van der Waals surface area contributed by atoms with Gasteiger partial charge in [0, 0.05) is 22.6 Å². The van der Waals surface area contributed by atoms with Crippen LogP contribution in [-0.4, -0.2) is 28.5 Å². The van der Waals surface area contributed by atoms with E-state index in [-0.39, 0.29) is 11.9 Å². The van der Waals surface area contributed by atoms with Crippen LogP contribution in [-0.2, 0) is 6.42 Å². The number of halogens is 2. The van der Waals surface area contributed by atoms with E-state index in [1.165, 1.54) is 6.20 Å². The maximum atomic E-state index is 11.8. The number of nitrogens with one attached hydrogen (secondary N) is 2. The van der Waals surface area contributed by atoms with Gasteiger partial charge >= 0.3 is 0 Å². The molecule has 0 fully saturated rings. The molecule has 1 amide bonds. The monoisotopic (exact) mass is 352 g/mol. The molecule has 0 bridgehead atoms.